The van der Waals surface area contributed by atoms with Crippen LogP contribution in [0.15, 0.2) is 12.1 Å². The summed E-state index contributed by atoms with van der Waals surface area (Å²) in [7, 11) is 0. The molecule has 0 bridgehead atoms. The first-order valence-corrected chi connectivity index (χ1v) is 6.16. The van der Waals surface area contributed by atoms with Gasteiger partial charge in [-0.2, -0.15) is 5.10 Å². The van der Waals surface area contributed by atoms with Crippen molar-refractivity contribution < 1.29 is 0 Å². The number of H-pyrrole nitrogens is 1. The van der Waals surface area contributed by atoms with E-state index in [1.807, 2.05) is 0 Å². The first-order chi connectivity index (χ1) is 7.50. The topological polar surface area (TPSA) is 54.7 Å². The van der Waals surface area contributed by atoms with Gasteiger partial charge < -0.3 is 5.73 Å². The third kappa shape index (κ3) is 1.81. The molecule has 0 fully saturated rings. The van der Waals surface area contributed by atoms with Crippen molar-refractivity contribution in [3.05, 3.63) is 32.4 Å². The van der Waals surface area contributed by atoms with Crippen LogP contribution in [-0.2, 0) is 0 Å². The maximum atomic E-state index is 5.75. The van der Waals surface area contributed by atoms with E-state index in [1.54, 1.807) is 0 Å². The Bertz CT molecular complexity index is 543. The van der Waals surface area contributed by atoms with Crippen LogP contribution in [0.1, 0.15) is 16.7 Å². The van der Waals surface area contributed by atoms with Crippen LogP contribution in [0, 0.1) is 24.3 Å². The van der Waals surface area contributed by atoms with Gasteiger partial charge >= 0.3 is 0 Å². The summed E-state index contributed by atoms with van der Waals surface area (Å²) in [6.45, 7) is 6.35. The van der Waals surface area contributed by atoms with Gasteiger partial charge in [0.25, 0.3) is 0 Å². The number of nitrogen functional groups attached to an aromatic ring is 1. The van der Waals surface area contributed by atoms with Crippen molar-refractivity contribution >= 4 is 28.4 Å². The highest BCUT2D eigenvalue weighted by Crippen LogP contribution is 2.30. The number of rotatable bonds is 1. The lowest BCUT2D eigenvalue weighted by Crippen LogP contribution is -1.91. The van der Waals surface area contributed by atoms with Crippen LogP contribution in [0.25, 0.3) is 11.3 Å². The van der Waals surface area contributed by atoms with E-state index in [0.29, 0.717) is 5.82 Å². The molecule has 0 radical (unpaired) electrons. The number of aromatic amines is 1. The van der Waals surface area contributed by atoms with Gasteiger partial charge in [-0.1, -0.05) is 6.07 Å². The summed E-state index contributed by atoms with van der Waals surface area (Å²) in [4.78, 5) is 0. The van der Waals surface area contributed by atoms with Gasteiger partial charge in [0.15, 0.2) is 5.82 Å². The Hall–Kier alpha value is -1.04. The van der Waals surface area contributed by atoms with Crippen molar-refractivity contribution in [2.75, 3.05) is 5.73 Å². The number of anilines is 1. The molecule has 1 aromatic carbocycles. The minimum absolute atomic E-state index is 0.563. The molecular formula is C12H14IN3. The lowest BCUT2D eigenvalue weighted by Gasteiger charge is -2.08. The number of hydrogen-bond acceptors (Lipinski definition) is 2. The number of halogens is 1. The summed E-state index contributed by atoms with van der Waals surface area (Å²) in [6, 6.07) is 4.37. The summed E-state index contributed by atoms with van der Waals surface area (Å²) in [6.07, 6.45) is 0. The van der Waals surface area contributed by atoms with E-state index in [0.717, 1.165) is 9.26 Å². The van der Waals surface area contributed by atoms with Gasteiger partial charge in [0.1, 0.15) is 0 Å². The Kier molecular flexibility index (Phi) is 2.92. The van der Waals surface area contributed by atoms with Gasteiger partial charge in [-0.05, 0) is 66.1 Å². The molecular weight excluding hydrogens is 313 g/mol. The minimum Gasteiger partial charge on any atom is -0.381 e. The largest absolute Gasteiger partial charge is 0.381 e. The van der Waals surface area contributed by atoms with Gasteiger partial charge in [0.2, 0.25) is 0 Å². The molecule has 1 aromatic heterocycles. The highest BCUT2D eigenvalue weighted by molar-refractivity contribution is 14.1. The minimum atomic E-state index is 0.563. The molecule has 3 N–H and O–H groups in total. The molecule has 4 heteroatoms. The Morgan fingerprint density at radius 2 is 1.75 bits per heavy atom. The van der Waals surface area contributed by atoms with E-state index < -0.39 is 0 Å². The third-order valence-electron chi connectivity index (χ3n) is 2.84. The maximum Gasteiger partial charge on any atom is 0.159 e. The number of benzene rings is 1. The van der Waals surface area contributed by atoms with Crippen LogP contribution >= 0.6 is 22.6 Å². The fourth-order valence-electron chi connectivity index (χ4n) is 1.75. The second-order valence-electron chi connectivity index (χ2n) is 4.05. The van der Waals surface area contributed by atoms with Gasteiger partial charge in [0.05, 0.1) is 9.26 Å². The van der Waals surface area contributed by atoms with Crippen LogP contribution in [-0.4, -0.2) is 10.2 Å². The number of nitrogens with two attached hydrogens (primary N) is 1. The molecule has 0 aliphatic rings. The van der Waals surface area contributed by atoms with E-state index in [9.17, 15) is 0 Å². The van der Waals surface area contributed by atoms with E-state index in [4.69, 9.17) is 5.73 Å². The second kappa shape index (κ2) is 4.08. The smallest absolute Gasteiger partial charge is 0.159 e. The first kappa shape index (κ1) is 11.4. The van der Waals surface area contributed by atoms with Crippen molar-refractivity contribution in [1.82, 2.24) is 10.2 Å². The molecule has 0 unspecified atom stereocenters. The van der Waals surface area contributed by atoms with E-state index in [1.165, 1.54) is 22.3 Å². The van der Waals surface area contributed by atoms with E-state index in [-0.39, 0.29) is 0 Å². The van der Waals surface area contributed by atoms with Gasteiger partial charge in [0, 0.05) is 5.56 Å². The zero-order chi connectivity index (χ0) is 11.9. The molecule has 2 rings (SSSR count). The molecule has 0 atom stereocenters. The highest BCUT2D eigenvalue weighted by atomic mass is 127. The average molecular weight is 327 g/mol. The molecule has 0 spiro atoms. The molecule has 0 aliphatic carbocycles. The molecule has 0 amide bonds. The Morgan fingerprint density at radius 3 is 2.31 bits per heavy atom. The monoisotopic (exact) mass is 327 g/mol. The standard InChI is InChI=1S/C12H14IN3/c1-6-4-8(3)9(5-7(6)2)11-10(13)12(14)16-15-11/h4-5H,1-3H3,(H3,14,15,16). The summed E-state index contributed by atoms with van der Waals surface area (Å²) < 4.78 is 0.990. The number of aryl methyl sites for hydroxylation is 3. The van der Waals surface area contributed by atoms with E-state index in [2.05, 4.69) is 65.7 Å². The number of aromatic nitrogens is 2. The highest BCUT2D eigenvalue weighted by Gasteiger charge is 2.12. The van der Waals surface area contributed by atoms with Crippen LogP contribution in [0.2, 0.25) is 0 Å². The van der Waals surface area contributed by atoms with Gasteiger partial charge in [-0.3, -0.25) is 5.10 Å². The Morgan fingerprint density at radius 1 is 1.12 bits per heavy atom. The van der Waals surface area contributed by atoms with E-state index >= 15 is 0 Å². The molecule has 16 heavy (non-hydrogen) atoms. The third-order valence-corrected chi connectivity index (χ3v) is 3.93. The SMILES string of the molecule is Cc1cc(C)c(-c2[nH]nc(N)c2I)cc1C. The Labute approximate surface area is 109 Å². The van der Waals surface area contributed by atoms with Crippen molar-refractivity contribution in [2.24, 2.45) is 0 Å². The molecule has 0 aliphatic heterocycles. The van der Waals surface area contributed by atoms with Crippen LogP contribution in [0.3, 0.4) is 0 Å². The van der Waals surface area contributed by atoms with Crippen molar-refractivity contribution in [2.45, 2.75) is 20.8 Å². The second-order valence-corrected chi connectivity index (χ2v) is 5.13. The lowest BCUT2D eigenvalue weighted by molar-refractivity contribution is 1.10. The summed E-state index contributed by atoms with van der Waals surface area (Å²) >= 11 is 2.22. The summed E-state index contributed by atoms with van der Waals surface area (Å²) in [5.41, 5.74) is 11.8. The van der Waals surface area contributed by atoms with Gasteiger partial charge in [-0.25, -0.2) is 0 Å². The van der Waals surface area contributed by atoms with Crippen molar-refractivity contribution in [3.63, 3.8) is 0 Å². The number of hydrogen-bond donors (Lipinski definition) is 2. The molecule has 1 heterocycles. The average Bonchev–Trinajstić information content (AvgIpc) is 2.54. The van der Waals surface area contributed by atoms with Crippen LogP contribution in [0.4, 0.5) is 5.82 Å². The van der Waals surface area contributed by atoms with Crippen LogP contribution < -0.4 is 5.73 Å². The molecule has 3 nitrogen and oxygen atoms in total. The molecule has 0 saturated carbocycles. The van der Waals surface area contributed by atoms with Crippen LogP contribution in [0.5, 0.6) is 0 Å². The maximum absolute atomic E-state index is 5.75. The normalized spacial score (nSPS) is 10.8. The van der Waals surface area contributed by atoms with Crippen molar-refractivity contribution in [3.8, 4) is 11.3 Å². The first-order valence-electron chi connectivity index (χ1n) is 5.08. The Balaban J connectivity index is 2.65. The zero-order valence-electron chi connectivity index (χ0n) is 9.56. The number of nitrogens with zero attached hydrogens (tertiary/aromatic N) is 1. The zero-order valence-corrected chi connectivity index (χ0v) is 11.7. The van der Waals surface area contributed by atoms with Crippen molar-refractivity contribution in [1.29, 1.82) is 0 Å². The molecule has 0 saturated heterocycles. The number of nitrogens with one attached hydrogen (secondary N) is 1. The predicted molar refractivity (Wildman–Crippen MR) is 75.4 cm³/mol. The fraction of sp³-hybridized carbons (Fsp3) is 0.250. The fourth-order valence-corrected chi connectivity index (χ4v) is 2.28. The predicted octanol–water partition coefficient (Wildman–Crippen LogP) is 3.19. The molecule has 2 aromatic rings. The molecule has 84 valence electrons. The lowest BCUT2D eigenvalue weighted by atomic mass is 9.99. The van der Waals surface area contributed by atoms with Gasteiger partial charge in [-0.15, -0.1) is 0 Å². The quantitative estimate of drug-likeness (QED) is 0.791. The summed E-state index contributed by atoms with van der Waals surface area (Å²) in [5.74, 6) is 0.563. The summed E-state index contributed by atoms with van der Waals surface area (Å²) in [5, 5.41) is 7.03.